The molecule has 0 radical (unpaired) electrons. The minimum absolute atomic E-state index is 0.0394. The maximum Gasteiger partial charge on any atom is 0.223 e. The third-order valence-electron chi connectivity index (χ3n) is 5.40. The third-order valence-corrected chi connectivity index (χ3v) is 5.95. The van der Waals surface area contributed by atoms with Gasteiger partial charge in [0.1, 0.15) is 0 Å². The van der Waals surface area contributed by atoms with E-state index in [-0.39, 0.29) is 23.3 Å². The minimum atomic E-state index is -0.198. The van der Waals surface area contributed by atoms with Gasteiger partial charge in [-0.3, -0.25) is 4.79 Å². The smallest absolute Gasteiger partial charge is 0.223 e. The lowest BCUT2D eigenvalue weighted by atomic mass is 9.74. The maximum absolute atomic E-state index is 12.5. The van der Waals surface area contributed by atoms with Crippen molar-refractivity contribution in [1.82, 2.24) is 5.32 Å². The molecule has 24 heavy (non-hydrogen) atoms. The SMILES string of the molecule is N[C@H]1CC[C@H](C(=O)NCC2(c3ccc(Cl)cc3Cl)CCOCC2)C1. The standard InChI is InChI=1S/C18H24Cl2N2O2/c19-13-2-4-15(16(20)10-13)18(5-7-24-8-6-18)11-22-17(23)12-1-3-14(21)9-12/h2,4,10,12,14H,1,3,5-9,11,21H2,(H,22,23)/t12-,14-/m0/s1. The summed E-state index contributed by atoms with van der Waals surface area (Å²) < 4.78 is 5.53. The van der Waals surface area contributed by atoms with E-state index in [2.05, 4.69) is 5.32 Å². The highest BCUT2D eigenvalue weighted by molar-refractivity contribution is 6.35. The molecule has 1 saturated carbocycles. The largest absolute Gasteiger partial charge is 0.381 e. The number of hydrogen-bond donors (Lipinski definition) is 2. The molecule has 1 aromatic carbocycles. The van der Waals surface area contributed by atoms with E-state index in [1.165, 1.54) is 0 Å². The van der Waals surface area contributed by atoms with Crippen LogP contribution in [-0.2, 0) is 14.9 Å². The average Bonchev–Trinajstić information content (AvgIpc) is 3.00. The first kappa shape index (κ1) is 18.0. The van der Waals surface area contributed by atoms with Crippen LogP contribution in [0.1, 0.15) is 37.7 Å². The van der Waals surface area contributed by atoms with Crippen LogP contribution in [0.3, 0.4) is 0 Å². The van der Waals surface area contributed by atoms with Gasteiger partial charge in [0.05, 0.1) is 0 Å². The molecule has 0 aromatic heterocycles. The van der Waals surface area contributed by atoms with Crippen molar-refractivity contribution in [2.24, 2.45) is 11.7 Å². The first-order valence-electron chi connectivity index (χ1n) is 8.57. The first-order chi connectivity index (χ1) is 11.5. The van der Waals surface area contributed by atoms with Gasteiger partial charge < -0.3 is 15.8 Å². The average molecular weight is 371 g/mol. The lowest BCUT2D eigenvalue weighted by Crippen LogP contribution is -2.46. The van der Waals surface area contributed by atoms with Crippen LogP contribution in [0.25, 0.3) is 0 Å². The summed E-state index contributed by atoms with van der Waals surface area (Å²) in [5.41, 5.74) is 6.77. The lowest BCUT2D eigenvalue weighted by Gasteiger charge is -2.38. The topological polar surface area (TPSA) is 64.4 Å². The van der Waals surface area contributed by atoms with E-state index in [1.807, 2.05) is 12.1 Å². The Morgan fingerprint density at radius 2 is 2.04 bits per heavy atom. The number of rotatable bonds is 4. The Morgan fingerprint density at radius 1 is 1.29 bits per heavy atom. The van der Waals surface area contributed by atoms with E-state index < -0.39 is 0 Å². The van der Waals surface area contributed by atoms with E-state index in [4.69, 9.17) is 33.7 Å². The van der Waals surface area contributed by atoms with Gasteiger partial charge in [-0.2, -0.15) is 0 Å². The van der Waals surface area contributed by atoms with Gasteiger partial charge in [0.2, 0.25) is 5.91 Å². The number of halogens is 2. The van der Waals surface area contributed by atoms with Gasteiger partial charge in [0.25, 0.3) is 0 Å². The molecule has 2 aliphatic rings. The fourth-order valence-electron chi connectivity index (χ4n) is 3.88. The highest BCUT2D eigenvalue weighted by Gasteiger charge is 2.37. The van der Waals surface area contributed by atoms with Gasteiger partial charge in [0.15, 0.2) is 0 Å². The molecule has 3 rings (SSSR count). The molecule has 2 atom stereocenters. The summed E-state index contributed by atoms with van der Waals surface area (Å²) >= 11 is 12.5. The van der Waals surface area contributed by atoms with Crippen molar-refractivity contribution in [2.75, 3.05) is 19.8 Å². The van der Waals surface area contributed by atoms with E-state index in [0.29, 0.717) is 29.8 Å². The number of ether oxygens (including phenoxy) is 1. The quantitative estimate of drug-likeness (QED) is 0.854. The normalized spacial score (nSPS) is 26.3. The number of nitrogens with two attached hydrogens (primary N) is 1. The van der Waals surface area contributed by atoms with Crippen molar-refractivity contribution in [2.45, 2.75) is 43.6 Å². The molecule has 0 bridgehead atoms. The lowest BCUT2D eigenvalue weighted by molar-refractivity contribution is -0.125. The molecule has 1 aliphatic heterocycles. The summed E-state index contributed by atoms with van der Waals surface area (Å²) in [5.74, 6) is 0.150. The van der Waals surface area contributed by atoms with Crippen molar-refractivity contribution < 1.29 is 9.53 Å². The predicted octanol–water partition coefficient (Wildman–Crippen LogP) is 3.29. The van der Waals surface area contributed by atoms with Gasteiger partial charge in [-0.05, 0) is 49.8 Å². The molecule has 1 amide bonds. The second-order valence-corrected chi connectivity index (χ2v) is 7.85. The fourth-order valence-corrected chi connectivity index (χ4v) is 4.49. The molecule has 132 valence electrons. The zero-order chi connectivity index (χ0) is 17.2. The van der Waals surface area contributed by atoms with Gasteiger partial charge in [0, 0.05) is 47.2 Å². The van der Waals surface area contributed by atoms with Crippen LogP contribution in [0.5, 0.6) is 0 Å². The second kappa shape index (κ2) is 7.61. The highest BCUT2D eigenvalue weighted by atomic mass is 35.5. The number of nitrogens with one attached hydrogen (secondary N) is 1. The fraction of sp³-hybridized carbons (Fsp3) is 0.611. The van der Waals surface area contributed by atoms with Crippen LogP contribution in [0.2, 0.25) is 10.0 Å². The molecule has 1 aromatic rings. The number of carbonyl (C=O) groups excluding carboxylic acids is 1. The summed E-state index contributed by atoms with van der Waals surface area (Å²) in [6, 6.07) is 5.77. The first-order valence-corrected chi connectivity index (χ1v) is 9.32. The molecule has 1 saturated heterocycles. The Balaban J connectivity index is 1.75. The third kappa shape index (κ3) is 3.88. The molecule has 4 nitrogen and oxygen atoms in total. The Morgan fingerprint density at radius 3 is 2.67 bits per heavy atom. The van der Waals surface area contributed by atoms with Crippen LogP contribution < -0.4 is 11.1 Å². The summed E-state index contributed by atoms with van der Waals surface area (Å²) in [5, 5.41) is 4.43. The summed E-state index contributed by atoms with van der Waals surface area (Å²) in [7, 11) is 0. The van der Waals surface area contributed by atoms with Gasteiger partial charge in [-0.1, -0.05) is 29.3 Å². The zero-order valence-electron chi connectivity index (χ0n) is 13.7. The predicted molar refractivity (Wildman–Crippen MR) is 96.5 cm³/mol. The van der Waals surface area contributed by atoms with Crippen molar-refractivity contribution in [3.05, 3.63) is 33.8 Å². The van der Waals surface area contributed by atoms with Crippen LogP contribution >= 0.6 is 23.2 Å². The molecular formula is C18H24Cl2N2O2. The number of amides is 1. The van der Waals surface area contributed by atoms with E-state index >= 15 is 0 Å². The highest BCUT2D eigenvalue weighted by Crippen LogP contribution is 2.39. The molecule has 3 N–H and O–H groups in total. The summed E-state index contributed by atoms with van der Waals surface area (Å²) in [6.07, 6.45) is 4.26. The van der Waals surface area contributed by atoms with Crippen molar-refractivity contribution in [3.8, 4) is 0 Å². The molecule has 2 fully saturated rings. The van der Waals surface area contributed by atoms with Crippen molar-refractivity contribution in [1.29, 1.82) is 0 Å². The van der Waals surface area contributed by atoms with Gasteiger partial charge >= 0.3 is 0 Å². The van der Waals surface area contributed by atoms with Crippen molar-refractivity contribution >= 4 is 29.1 Å². The van der Waals surface area contributed by atoms with E-state index in [0.717, 1.165) is 37.7 Å². The van der Waals surface area contributed by atoms with Crippen LogP contribution in [-0.4, -0.2) is 31.7 Å². The van der Waals surface area contributed by atoms with E-state index in [9.17, 15) is 4.79 Å². The van der Waals surface area contributed by atoms with Crippen molar-refractivity contribution in [3.63, 3.8) is 0 Å². The van der Waals surface area contributed by atoms with Crippen LogP contribution in [0, 0.1) is 5.92 Å². The Labute approximate surface area is 153 Å². The Hall–Kier alpha value is -0.810. The number of hydrogen-bond acceptors (Lipinski definition) is 3. The monoisotopic (exact) mass is 370 g/mol. The maximum atomic E-state index is 12.5. The summed E-state index contributed by atoms with van der Waals surface area (Å²) in [4.78, 5) is 12.5. The second-order valence-electron chi connectivity index (χ2n) is 7.00. The van der Waals surface area contributed by atoms with Gasteiger partial charge in [-0.25, -0.2) is 0 Å². The molecule has 0 unspecified atom stereocenters. The molecule has 1 heterocycles. The molecule has 6 heteroatoms. The van der Waals surface area contributed by atoms with Gasteiger partial charge in [-0.15, -0.1) is 0 Å². The molecular weight excluding hydrogens is 347 g/mol. The number of carbonyl (C=O) groups is 1. The van der Waals surface area contributed by atoms with E-state index in [1.54, 1.807) is 6.07 Å². The Kier molecular flexibility index (Phi) is 5.70. The molecule has 0 spiro atoms. The van der Waals surface area contributed by atoms with Crippen LogP contribution in [0.15, 0.2) is 18.2 Å². The molecule has 1 aliphatic carbocycles. The number of benzene rings is 1. The zero-order valence-corrected chi connectivity index (χ0v) is 15.2. The summed E-state index contributed by atoms with van der Waals surface area (Å²) in [6.45, 7) is 1.91. The Bertz CT molecular complexity index is 603. The van der Waals surface area contributed by atoms with Crippen LogP contribution in [0.4, 0.5) is 0 Å². The minimum Gasteiger partial charge on any atom is -0.381 e.